The number of alkyl halides is 3. The summed E-state index contributed by atoms with van der Waals surface area (Å²) in [5.41, 5.74) is -0.836. The normalized spacial score (nSPS) is 11.6. The zero-order valence-corrected chi connectivity index (χ0v) is 10.1. The van der Waals surface area contributed by atoms with Crippen LogP contribution in [0.15, 0.2) is 18.2 Å². The van der Waals surface area contributed by atoms with Crippen LogP contribution in [0.4, 0.5) is 19.0 Å². The van der Waals surface area contributed by atoms with E-state index >= 15 is 0 Å². The average Bonchev–Trinajstić information content (AvgIpc) is 2.28. The molecule has 0 aliphatic rings. The van der Waals surface area contributed by atoms with Crippen LogP contribution in [0.5, 0.6) is 0 Å². The largest absolute Gasteiger partial charge is 0.433 e. The number of halogens is 3. The van der Waals surface area contributed by atoms with E-state index in [4.69, 9.17) is 0 Å². The second-order valence-corrected chi connectivity index (χ2v) is 4.01. The van der Waals surface area contributed by atoms with Crippen LogP contribution >= 0.6 is 0 Å². The summed E-state index contributed by atoms with van der Waals surface area (Å²) in [6.45, 7) is 2.81. The maximum Gasteiger partial charge on any atom is 0.433 e. The summed E-state index contributed by atoms with van der Waals surface area (Å²) in [7, 11) is 1.76. The third kappa shape index (κ3) is 4.24. The molecule has 0 aromatic carbocycles. The molecular formula is C12H17F3N2. The highest BCUT2D eigenvalue weighted by Gasteiger charge is 2.32. The van der Waals surface area contributed by atoms with E-state index < -0.39 is 11.9 Å². The third-order valence-corrected chi connectivity index (χ3v) is 2.51. The Kier molecular flexibility index (Phi) is 4.78. The van der Waals surface area contributed by atoms with Gasteiger partial charge in [0, 0.05) is 13.6 Å². The highest BCUT2D eigenvalue weighted by Crippen LogP contribution is 2.28. The molecule has 0 unspecified atom stereocenters. The number of anilines is 1. The molecule has 0 aliphatic carbocycles. The van der Waals surface area contributed by atoms with Gasteiger partial charge in [0.05, 0.1) is 0 Å². The standard InChI is InChI=1S/C12H17F3N2/c1-3-4-5-9-17(2)11-8-6-7-10(16-11)12(13,14)15/h6-8H,3-5,9H2,1-2H3. The molecule has 17 heavy (non-hydrogen) atoms. The molecule has 0 aliphatic heterocycles. The van der Waals surface area contributed by atoms with Gasteiger partial charge in [-0.1, -0.05) is 25.8 Å². The molecule has 0 saturated carbocycles. The molecule has 0 bridgehead atoms. The molecule has 0 N–H and O–H groups in total. The van der Waals surface area contributed by atoms with Gasteiger partial charge in [-0.2, -0.15) is 13.2 Å². The maximum atomic E-state index is 12.5. The van der Waals surface area contributed by atoms with Gasteiger partial charge >= 0.3 is 6.18 Å². The first-order valence-electron chi connectivity index (χ1n) is 5.70. The first-order valence-corrected chi connectivity index (χ1v) is 5.70. The summed E-state index contributed by atoms with van der Waals surface area (Å²) in [5, 5.41) is 0. The first kappa shape index (κ1) is 13.8. The predicted octanol–water partition coefficient (Wildman–Crippen LogP) is 3.73. The molecule has 5 heteroatoms. The van der Waals surface area contributed by atoms with Crippen LogP contribution in [0, 0.1) is 0 Å². The summed E-state index contributed by atoms with van der Waals surface area (Å²) in [4.78, 5) is 5.38. The SMILES string of the molecule is CCCCCN(C)c1cccc(C(F)(F)F)n1. The van der Waals surface area contributed by atoms with Gasteiger partial charge in [-0.05, 0) is 18.6 Å². The molecule has 0 atom stereocenters. The van der Waals surface area contributed by atoms with Crippen molar-refractivity contribution < 1.29 is 13.2 Å². The van der Waals surface area contributed by atoms with Crippen LogP contribution in [0.2, 0.25) is 0 Å². The highest BCUT2D eigenvalue weighted by molar-refractivity contribution is 5.38. The fourth-order valence-corrected chi connectivity index (χ4v) is 1.51. The van der Waals surface area contributed by atoms with Crippen LogP contribution in [0.1, 0.15) is 31.9 Å². The van der Waals surface area contributed by atoms with Gasteiger partial charge in [0.15, 0.2) is 0 Å². The fourth-order valence-electron chi connectivity index (χ4n) is 1.51. The second-order valence-electron chi connectivity index (χ2n) is 4.01. The van der Waals surface area contributed by atoms with Gasteiger partial charge in [0.1, 0.15) is 11.5 Å². The van der Waals surface area contributed by atoms with E-state index in [0.29, 0.717) is 5.82 Å². The van der Waals surface area contributed by atoms with Gasteiger partial charge < -0.3 is 4.90 Å². The van der Waals surface area contributed by atoms with Crippen molar-refractivity contribution in [3.05, 3.63) is 23.9 Å². The lowest BCUT2D eigenvalue weighted by Gasteiger charge is -2.19. The highest BCUT2D eigenvalue weighted by atomic mass is 19.4. The number of aromatic nitrogens is 1. The van der Waals surface area contributed by atoms with Crippen molar-refractivity contribution >= 4 is 5.82 Å². The Labute approximate surface area is 99.5 Å². The van der Waals surface area contributed by atoms with Crippen molar-refractivity contribution in [2.24, 2.45) is 0 Å². The third-order valence-electron chi connectivity index (χ3n) is 2.51. The van der Waals surface area contributed by atoms with Crippen molar-refractivity contribution in [2.75, 3.05) is 18.5 Å². The lowest BCUT2D eigenvalue weighted by atomic mass is 10.2. The van der Waals surface area contributed by atoms with Crippen LogP contribution in [-0.2, 0) is 6.18 Å². The molecule has 1 aromatic heterocycles. The summed E-state index contributed by atoms with van der Waals surface area (Å²) in [6, 6.07) is 3.98. The molecular weight excluding hydrogens is 229 g/mol. The van der Waals surface area contributed by atoms with Crippen molar-refractivity contribution in [2.45, 2.75) is 32.4 Å². The van der Waals surface area contributed by atoms with E-state index in [0.717, 1.165) is 31.9 Å². The van der Waals surface area contributed by atoms with Crippen molar-refractivity contribution in [3.8, 4) is 0 Å². The van der Waals surface area contributed by atoms with E-state index in [1.807, 2.05) is 0 Å². The topological polar surface area (TPSA) is 16.1 Å². The quantitative estimate of drug-likeness (QED) is 0.736. The van der Waals surface area contributed by atoms with Crippen LogP contribution in [0.25, 0.3) is 0 Å². The molecule has 96 valence electrons. The molecule has 0 spiro atoms. The Hall–Kier alpha value is -1.26. The Balaban J connectivity index is 2.71. The maximum absolute atomic E-state index is 12.5. The van der Waals surface area contributed by atoms with Gasteiger partial charge in [-0.25, -0.2) is 4.98 Å². The minimum Gasteiger partial charge on any atom is -0.360 e. The van der Waals surface area contributed by atoms with Crippen molar-refractivity contribution in [3.63, 3.8) is 0 Å². The summed E-state index contributed by atoms with van der Waals surface area (Å²) in [6.07, 6.45) is -1.25. The molecule has 0 amide bonds. The molecule has 0 saturated heterocycles. The van der Waals surface area contributed by atoms with E-state index in [2.05, 4.69) is 11.9 Å². The number of hydrogen-bond acceptors (Lipinski definition) is 2. The summed E-state index contributed by atoms with van der Waals surface area (Å²) < 4.78 is 37.4. The van der Waals surface area contributed by atoms with Crippen LogP contribution in [-0.4, -0.2) is 18.6 Å². The molecule has 0 fully saturated rings. The van der Waals surface area contributed by atoms with E-state index in [1.54, 1.807) is 18.0 Å². The average molecular weight is 246 g/mol. The zero-order chi connectivity index (χ0) is 12.9. The molecule has 1 rings (SSSR count). The summed E-state index contributed by atoms with van der Waals surface area (Å²) >= 11 is 0. The molecule has 1 heterocycles. The van der Waals surface area contributed by atoms with Gasteiger partial charge in [-0.15, -0.1) is 0 Å². The minimum absolute atomic E-state index is 0.371. The van der Waals surface area contributed by atoms with Gasteiger partial charge in [-0.3, -0.25) is 0 Å². The van der Waals surface area contributed by atoms with Gasteiger partial charge in [0.2, 0.25) is 0 Å². The molecule has 2 nitrogen and oxygen atoms in total. The minimum atomic E-state index is -4.37. The Morgan fingerprint density at radius 2 is 1.94 bits per heavy atom. The lowest BCUT2D eigenvalue weighted by molar-refractivity contribution is -0.141. The number of nitrogens with zero attached hydrogens (tertiary/aromatic N) is 2. The van der Waals surface area contributed by atoms with Crippen molar-refractivity contribution in [1.82, 2.24) is 4.98 Å². The zero-order valence-electron chi connectivity index (χ0n) is 10.1. The Morgan fingerprint density at radius 1 is 1.24 bits per heavy atom. The number of rotatable bonds is 5. The fraction of sp³-hybridized carbons (Fsp3) is 0.583. The number of pyridine rings is 1. The van der Waals surface area contributed by atoms with Gasteiger partial charge in [0.25, 0.3) is 0 Å². The first-order chi connectivity index (χ1) is 7.95. The predicted molar refractivity (Wildman–Crippen MR) is 62.0 cm³/mol. The smallest absolute Gasteiger partial charge is 0.360 e. The van der Waals surface area contributed by atoms with Crippen LogP contribution < -0.4 is 4.90 Å². The van der Waals surface area contributed by atoms with E-state index in [-0.39, 0.29) is 0 Å². The molecule has 0 radical (unpaired) electrons. The number of hydrogen-bond donors (Lipinski definition) is 0. The Morgan fingerprint density at radius 3 is 2.53 bits per heavy atom. The lowest BCUT2D eigenvalue weighted by Crippen LogP contribution is -2.21. The Bertz CT molecular complexity index is 350. The van der Waals surface area contributed by atoms with Crippen LogP contribution in [0.3, 0.4) is 0 Å². The van der Waals surface area contributed by atoms with E-state index in [1.165, 1.54) is 6.07 Å². The van der Waals surface area contributed by atoms with Crippen molar-refractivity contribution in [1.29, 1.82) is 0 Å². The monoisotopic (exact) mass is 246 g/mol. The van der Waals surface area contributed by atoms with E-state index in [9.17, 15) is 13.2 Å². The second kappa shape index (κ2) is 5.89. The summed E-state index contributed by atoms with van der Waals surface area (Å²) in [5.74, 6) is 0.371. The number of unbranched alkanes of at least 4 members (excludes halogenated alkanes) is 2. The molecule has 1 aromatic rings.